The molecule has 0 radical (unpaired) electrons. The first-order valence-electron chi connectivity index (χ1n) is 5.57. The minimum atomic E-state index is -0.399. The van der Waals surface area contributed by atoms with Gasteiger partial charge in [0.1, 0.15) is 12.6 Å². The van der Waals surface area contributed by atoms with Gasteiger partial charge in [-0.1, -0.05) is 30.3 Å². The van der Waals surface area contributed by atoms with E-state index in [1.807, 2.05) is 30.3 Å². The van der Waals surface area contributed by atoms with Crippen molar-refractivity contribution in [2.24, 2.45) is 0 Å². The highest BCUT2D eigenvalue weighted by Crippen LogP contribution is 2.02. The average Bonchev–Trinajstić information content (AvgIpc) is 2.16. The summed E-state index contributed by atoms with van der Waals surface area (Å²) in [6.07, 6.45) is -0.399. The number of aliphatic hydroxyl groups is 1. The number of nitrogens with zero attached hydrogens (tertiary/aromatic N) is 1. The molecule has 0 saturated carbocycles. The fourth-order valence-electron chi connectivity index (χ4n) is 1.57. The summed E-state index contributed by atoms with van der Waals surface area (Å²) in [7, 11) is 6.17. The van der Waals surface area contributed by atoms with E-state index in [0.29, 0.717) is 19.8 Å². The predicted octanol–water partition coefficient (Wildman–Crippen LogP) is -1.73. The normalized spacial score (nSPS) is 12.9. The third kappa shape index (κ3) is 8.54. The van der Waals surface area contributed by atoms with Gasteiger partial charge in [-0.3, -0.25) is 0 Å². The fraction of sp³-hybridized carbons (Fsp3) is 0.538. The minimum Gasteiger partial charge on any atom is -1.00 e. The van der Waals surface area contributed by atoms with E-state index in [-0.39, 0.29) is 24.0 Å². The Balaban J connectivity index is 0.00000256. The van der Waals surface area contributed by atoms with E-state index in [2.05, 4.69) is 21.1 Å². The lowest BCUT2D eigenvalue weighted by Gasteiger charge is -2.26. The molecule has 3 nitrogen and oxygen atoms in total. The van der Waals surface area contributed by atoms with E-state index in [1.54, 1.807) is 0 Å². The van der Waals surface area contributed by atoms with Crippen molar-refractivity contribution in [1.29, 1.82) is 0 Å². The number of ether oxygens (including phenoxy) is 1. The Kier molecular flexibility index (Phi) is 7.94. The molecule has 1 N–H and O–H groups in total. The smallest absolute Gasteiger partial charge is 0.126 e. The van der Waals surface area contributed by atoms with E-state index in [9.17, 15) is 5.11 Å². The third-order valence-electron chi connectivity index (χ3n) is 2.18. The summed E-state index contributed by atoms with van der Waals surface area (Å²) in [5.74, 6) is 0. The van der Waals surface area contributed by atoms with Crippen LogP contribution in [0.2, 0.25) is 0 Å². The van der Waals surface area contributed by atoms with E-state index in [1.165, 1.54) is 0 Å². The van der Waals surface area contributed by atoms with E-state index >= 15 is 0 Å². The molecule has 0 spiro atoms. The molecule has 0 aromatic heterocycles. The van der Waals surface area contributed by atoms with Gasteiger partial charge in [0.05, 0.1) is 34.4 Å². The second-order valence-corrected chi connectivity index (χ2v) is 5.13. The summed E-state index contributed by atoms with van der Waals surface area (Å²) < 4.78 is 6.21. The van der Waals surface area contributed by atoms with Crippen LogP contribution in [-0.4, -0.2) is 50.0 Å². The van der Waals surface area contributed by atoms with Crippen LogP contribution in [0.15, 0.2) is 30.3 Å². The Morgan fingerprint density at radius 2 is 1.76 bits per heavy atom. The average molecular weight is 351 g/mol. The summed E-state index contributed by atoms with van der Waals surface area (Å²) in [4.78, 5) is 0. The van der Waals surface area contributed by atoms with Gasteiger partial charge < -0.3 is 38.3 Å². The molecule has 0 bridgehead atoms. The Morgan fingerprint density at radius 3 is 2.29 bits per heavy atom. The van der Waals surface area contributed by atoms with Crippen molar-refractivity contribution in [3.63, 3.8) is 0 Å². The first-order valence-corrected chi connectivity index (χ1v) is 5.57. The highest BCUT2D eigenvalue weighted by Gasteiger charge is 2.15. The molecule has 0 aliphatic rings. The SMILES string of the molecule is C[N+](C)(C)C[C@H](O)COCc1ccccc1.[I-]. The van der Waals surface area contributed by atoms with Gasteiger partial charge in [0.25, 0.3) is 0 Å². The van der Waals surface area contributed by atoms with Crippen molar-refractivity contribution in [3.8, 4) is 0 Å². The van der Waals surface area contributed by atoms with E-state index < -0.39 is 6.10 Å². The molecule has 0 fully saturated rings. The zero-order valence-electron chi connectivity index (χ0n) is 10.8. The number of aliphatic hydroxyl groups excluding tert-OH is 1. The fourth-order valence-corrected chi connectivity index (χ4v) is 1.57. The molecule has 1 aromatic carbocycles. The van der Waals surface area contributed by atoms with Gasteiger partial charge in [-0.05, 0) is 5.56 Å². The maximum Gasteiger partial charge on any atom is 0.126 e. The molecular formula is C13H22INO2. The van der Waals surface area contributed by atoms with Crippen molar-refractivity contribution in [2.45, 2.75) is 12.7 Å². The highest BCUT2D eigenvalue weighted by atomic mass is 127. The van der Waals surface area contributed by atoms with Gasteiger partial charge in [-0.2, -0.15) is 0 Å². The van der Waals surface area contributed by atoms with Crippen LogP contribution >= 0.6 is 0 Å². The third-order valence-corrected chi connectivity index (χ3v) is 2.18. The van der Waals surface area contributed by atoms with Gasteiger partial charge >= 0.3 is 0 Å². The molecule has 1 rings (SSSR count). The van der Waals surface area contributed by atoms with Crippen LogP contribution in [0.3, 0.4) is 0 Å². The lowest BCUT2D eigenvalue weighted by atomic mass is 10.2. The van der Waals surface area contributed by atoms with Crippen molar-refractivity contribution in [3.05, 3.63) is 35.9 Å². The molecule has 98 valence electrons. The zero-order valence-corrected chi connectivity index (χ0v) is 12.9. The highest BCUT2D eigenvalue weighted by molar-refractivity contribution is 5.13. The number of rotatable bonds is 6. The number of hydrogen-bond donors (Lipinski definition) is 1. The molecule has 0 heterocycles. The first kappa shape index (κ1) is 16.8. The summed E-state index contributed by atoms with van der Waals surface area (Å²) in [6.45, 7) is 1.66. The van der Waals surface area contributed by atoms with Crippen LogP contribution in [0.1, 0.15) is 5.56 Å². The van der Waals surface area contributed by atoms with Crippen LogP contribution in [0.5, 0.6) is 0 Å². The topological polar surface area (TPSA) is 29.5 Å². The molecule has 0 unspecified atom stereocenters. The second kappa shape index (κ2) is 8.02. The summed E-state index contributed by atoms with van der Waals surface area (Å²) in [6, 6.07) is 10.00. The maximum atomic E-state index is 9.72. The molecule has 0 amide bonds. The number of hydrogen-bond acceptors (Lipinski definition) is 2. The van der Waals surface area contributed by atoms with E-state index in [0.717, 1.165) is 10.0 Å². The van der Waals surface area contributed by atoms with Crippen LogP contribution in [-0.2, 0) is 11.3 Å². The molecule has 0 aliphatic heterocycles. The van der Waals surface area contributed by atoms with Crippen molar-refractivity contribution in [1.82, 2.24) is 0 Å². The van der Waals surface area contributed by atoms with Crippen LogP contribution in [0, 0.1) is 0 Å². The Labute approximate surface area is 121 Å². The molecular weight excluding hydrogens is 329 g/mol. The second-order valence-electron chi connectivity index (χ2n) is 5.13. The number of benzene rings is 1. The Hall–Kier alpha value is -0.170. The van der Waals surface area contributed by atoms with Crippen molar-refractivity contribution < 1.29 is 38.3 Å². The number of quaternary nitrogens is 1. The summed E-state index contributed by atoms with van der Waals surface area (Å²) in [5.41, 5.74) is 1.14. The Bertz CT molecular complexity index is 298. The first-order chi connectivity index (χ1) is 7.47. The van der Waals surface area contributed by atoms with Gasteiger partial charge in [-0.25, -0.2) is 0 Å². The molecule has 17 heavy (non-hydrogen) atoms. The lowest BCUT2D eigenvalue weighted by Crippen LogP contribution is -3.00. The lowest BCUT2D eigenvalue weighted by molar-refractivity contribution is -0.873. The summed E-state index contributed by atoms with van der Waals surface area (Å²) >= 11 is 0. The molecule has 0 saturated heterocycles. The number of halogens is 1. The van der Waals surface area contributed by atoms with Crippen LogP contribution < -0.4 is 24.0 Å². The van der Waals surface area contributed by atoms with Crippen LogP contribution in [0.25, 0.3) is 0 Å². The minimum absolute atomic E-state index is 0. The van der Waals surface area contributed by atoms with Gasteiger partial charge in [-0.15, -0.1) is 0 Å². The largest absolute Gasteiger partial charge is 1.00 e. The monoisotopic (exact) mass is 351 g/mol. The maximum absolute atomic E-state index is 9.72. The Morgan fingerprint density at radius 1 is 1.18 bits per heavy atom. The zero-order chi connectivity index (χ0) is 12.0. The van der Waals surface area contributed by atoms with Gasteiger partial charge in [0.2, 0.25) is 0 Å². The standard InChI is InChI=1S/C13H22NO2.HI/c1-14(2,3)9-13(15)11-16-10-12-7-5-4-6-8-12;/h4-8,13,15H,9-11H2,1-3H3;1H/q+1;/p-1/t13-;/m0./s1. The van der Waals surface area contributed by atoms with Crippen molar-refractivity contribution >= 4 is 0 Å². The molecule has 4 heteroatoms. The van der Waals surface area contributed by atoms with E-state index in [4.69, 9.17) is 4.74 Å². The van der Waals surface area contributed by atoms with Crippen LogP contribution in [0.4, 0.5) is 0 Å². The molecule has 0 aliphatic carbocycles. The van der Waals surface area contributed by atoms with Crippen molar-refractivity contribution in [2.75, 3.05) is 34.3 Å². The number of likely N-dealkylation sites (N-methyl/N-ethyl adjacent to an activating group) is 1. The quantitative estimate of drug-likeness (QED) is 0.488. The summed E-state index contributed by atoms with van der Waals surface area (Å²) in [5, 5.41) is 9.72. The predicted molar refractivity (Wildman–Crippen MR) is 65.0 cm³/mol. The molecule has 1 atom stereocenters. The van der Waals surface area contributed by atoms with Gasteiger partial charge in [0, 0.05) is 0 Å². The molecule has 1 aromatic rings. The van der Waals surface area contributed by atoms with Gasteiger partial charge in [0.15, 0.2) is 0 Å².